The second-order valence-electron chi connectivity index (χ2n) is 9.83. The number of Topliss-reactive ketones (excluding diaryl/α,β-unsaturated/α-hetero) is 3. The zero-order chi connectivity index (χ0) is 19.8. The minimum absolute atomic E-state index is 0.0990. The number of hydrogen-bond donors (Lipinski definition) is 1. The second kappa shape index (κ2) is 5.85. The predicted octanol–water partition coefficient (Wildman–Crippen LogP) is 3.41. The number of carbonyl (C=O) groups is 3. The second-order valence-corrected chi connectivity index (χ2v) is 10.1. The van der Waals surface area contributed by atoms with E-state index in [0.29, 0.717) is 32.1 Å². The molecule has 0 saturated heterocycles. The molecule has 0 aromatic heterocycles. The molecule has 4 aliphatic rings. The number of rotatable bonds is 2. The normalized spacial score (nSPS) is 52.1. The average molecular weight is 399 g/mol. The Balaban J connectivity index is 1.77. The van der Waals surface area contributed by atoms with Gasteiger partial charge in [0.15, 0.2) is 17.2 Å². The molecule has 0 radical (unpaired) electrons. The fourth-order valence-corrected chi connectivity index (χ4v) is 7.56. The Hall–Kier alpha value is -0.810. The van der Waals surface area contributed by atoms with Crippen LogP contribution in [0.3, 0.4) is 0 Å². The standard InChI is InChI=1S/C21H28ClFO4/c1-18-7-5-13(24)9-12(18)3-4-15-14-6-8-20(27,17(26)11-22)19(14,2)10-16(25)21(15,18)23/h12,14-15,27H,3-11H2,1-2H3/t12-,14+,15+,18+,19+,20+,21+/m1/s1. The summed E-state index contributed by atoms with van der Waals surface area (Å²) in [5.74, 6) is -1.93. The van der Waals surface area contributed by atoms with Gasteiger partial charge in [-0.3, -0.25) is 14.4 Å². The monoisotopic (exact) mass is 398 g/mol. The summed E-state index contributed by atoms with van der Waals surface area (Å²) in [5, 5.41) is 11.2. The molecule has 0 unspecified atom stereocenters. The van der Waals surface area contributed by atoms with E-state index < -0.39 is 39.6 Å². The lowest BCUT2D eigenvalue weighted by atomic mass is 9.42. The molecule has 0 amide bonds. The van der Waals surface area contributed by atoms with E-state index in [4.69, 9.17) is 11.6 Å². The van der Waals surface area contributed by atoms with E-state index in [1.807, 2.05) is 6.92 Å². The molecule has 4 saturated carbocycles. The van der Waals surface area contributed by atoms with Gasteiger partial charge in [0.05, 0.1) is 5.88 Å². The highest BCUT2D eigenvalue weighted by molar-refractivity contribution is 6.29. The van der Waals surface area contributed by atoms with Gasteiger partial charge < -0.3 is 5.11 Å². The van der Waals surface area contributed by atoms with Crippen LogP contribution in [0.1, 0.15) is 65.2 Å². The number of fused-ring (bicyclic) bond motifs is 5. The Kier molecular flexibility index (Phi) is 4.23. The molecule has 0 spiro atoms. The lowest BCUT2D eigenvalue weighted by Crippen LogP contribution is -2.69. The summed E-state index contributed by atoms with van der Waals surface area (Å²) in [7, 11) is 0. The SMILES string of the molecule is C[C@]12CCC(=O)C[C@H]1CC[C@H]1[C@@H]3CC[C@](O)(C(=O)CCl)[C@@]3(C)CC(=O)[C@@]12F. The number of ketones is 3. The van der Waals surface area contributed by atoms with Crippen molar-refractivity contribution in [1.82, 2.24) is 0 Å². The van der Waals surface area contributed by atoms with Gasteiger partial charge in [-0.1, -0.05) is 13.8 Å². The van der Waals surface area contributed by atoms with Crippen LogP contribution >= 0.6 is 11.6 Å². The van der Waals surface area contributed by atoms with E-state index in [1.165, 1.54) is 0 Å². The van der Waals surface area contributed by atoms with E-state index in [0.717, 1.165) is 6.42 Å². The minimum atomic E-state index is -1.98. The fraction of sp³-hybridized carbons (Fsp3) is 0.857. The quantitative estimate of drug-likeness (QED) is 0.723. The highest BCUT2D eigenvalue weighted by Crippen LogP contribution is 2.69. The average Bonchev–Trinajstić information content (AvgIpc) is 2.88. The van der Waals surface area contributed by atoms with E-state index in [-0.39, 0.29) is 36.3 Å². The first-order chi connectivity index (χ1) is 12.5. The fourth-order valence-electron chi connectivity index (χ4n) is 7.34. The van der Waals surface area contributed by atoms with Crippen LogP contribution in [0, 0.1) is 28.6 Å². The predicted molar refractivity (Wildman–Crippen MR) is 98.1 cm³/mol. The summed E-state index contributed by atoms with van der Waals surface area (Å²) in [6.45, 7) is 3.62. The first-order valence-electron chi connectivity index (χ1n) is 10.1. The van der Waals surface area contributed by atoms with Crippen molar-refractivity contribution in [1.29, 1.82) is 0 Å². The van der Waals surface area contributed by atoms with Crippen molar-refractivity contribution in [2.75, 3.05) is 5.88 Å². The van der Waals surface area contributed by atoms with Crippen molar-refractivity contribution in [3.63, 3.8) is 0 Å². The highest BCUT2D eigenvalue weighted by atomic mass is 35.5. The third-order valence-corrected chi connectivity index (χ3v) is 9.29. The molecule has 27 heavy (non-hydrogen) atoms. The summed E-state index contributed by atoms with van der Waals surface area (Å²) < 4.78 is 16.7. The van der Waals surface area contributed by atoms with Crippen molar-refractivity contribution < 1.29 is 23.9 Å². The Morgan fingerprint density at radius 1 is 1.15 bits per heavy atom. The van der Waals surface area contributed by atoms with Crippen LogP contribution in [0.15, 0.2) is 0 Å². The van der Waals surface area contributed by atoms with Crippen LogP contribution in [0.25, 0.3) is 0 Å². The van der Waals surface area contributed by atoms with E-state index in [2.05, 4.69) is 0 Å². The molecular formula is C21H28ClFO4. The van der Waals surface area contributed by atoms with Gasteiger partial charge in [0, 0.05) is 36.0 Å². The zero-order valence-corrected chi connectivity index (χ0v) is 16.8. The lowest BCUT2D eigenvalue weighted by Gasteiger charge is -2.62. The van der Waals surface area contributed by atoms with Crippen LogP contribution in [0.2, 0.25) is 0 Å². The van der Waals surface area contributed by atoms with Gasteiger partial charge in [-0.15, -0.1) is 11.6 Å². The van der Waals surface area contributed by atoms with Crippen LogP contribution in [-0.4, -0.2) is 39.6 Å². The van der Waals surface area contributed by atoms with E-state index >= 15 is 4.39 Å². The first-order valence-corrected chi connectivity index (χ1v) is 10.6. The van der Waals surface area contributed by atoms with Crippen LogP contribution in [0.5, 0.6) is 0 Å². The van der Waals surface area contributed by atoms with Gasteiger partial charge >= 0.3 is 0 Å². The molecule has 4 aliphatic carbocycles. The van der Waals surface area contributed by atoms with E-state index in [9.17, 15) is 19.5 Å². The smallest absolute Gasteiger partial charge is 0.179 e. The van der Waals surface area contributed by atoms with Gasteiger partial charge in [-0.25, -0.2) is 4.39 Å². The largest absolute Gasteiger partial charge is 0.381 e. The van der Waals surface area contributed by atoms with Gasteiger partial charge in [-0.2, -0.15) is 0 Å². The summed E-state index contributed by atoms with van der Waals surface area (Å²) in [4.78, 5) is 37.7. The molecule has 0 aromatic rings. The van der Waals surface area contributed by atoms with Gasteiger partial charge in [-0.05, 0) is 43.9 Å². The lowest BCUT2D eigenvalue weighted by molar-refractivity contribution is -0.206. The molecule has 1 N–H and O–H groups in total. The molecule has 4 fully saturated rings. The van der Waals surface area contributed by atoms with Crippen molar-refractivity contribution in [3.05, 3.63) is 0 Å². The zero-order valence-electron chi connectivity index (χ0n) is 16.0. The maximum atomic E-state index is 16.7. The molecule has 0 aromatic carbocycles. The Bertz CT molecular complexity index is 725. The summed E-state index contributed by atoms with van der Waals surface area (Å²) in [6.07, 6.45) is 2.97. The van der Waals surface area contributed by atoms with Crippen molar-refractivity contribution in [2.45, 2.75) is 76.5 Å². The number of alkyl halides is 2. The number of halogens is 2. The van der Waals surface area contributed by atoms with E-state index in [1.54, 1.807) is 6.92 Å². The molecule has 0 heterocycles. The molecule has 150 valence electrons. The molecule has 0 aliphatic heterocycles. The van der Waals surface area contributed by atoms with Gasteiger partial charge in [0.2, 0.25) is 0 Å². The topological polar surface area (TPSA) is 71.4 Å². The summed E-state index contributed by atoms with van der Waals surface area (Å²) >= 11 is 5.74. The minimum Gasteiger partial charge on any atom is -0.381 e. The third-order valence-electron chi connectivity index (χ3n) is 9.05. The van der Waals surface area contributed by atoms with Crippen molar-refractivity contribution in [3.8, 4) is 0 Å². The maximum absolute atomic E-state index is 16.7. The summed E-state index contributed by atoms with van der Waals surface area (Å²) in [6, 6.07) is 0. The van der Waals surface area contributed by atoms with Crippen LogP contribution in [0.4, 0.5) is 4.39 Å². The van der Waals surface area contributed by atoms with Gasteiger partial charge in [0.25, 0.3) is 0 Å². The number of carbonyl (C=O) groups excluding carboxylic acids is 3. The highest BCUT2D eigenvalue weighted by Gasteiger charge is 2.75. The molecule has 4 nitrogen and oxygen atoms in total. The Morgan fingerprint density at radius 2 is 1.85 bits per heavy atom. The Morgan fingerprint density at radius 3 is 2.52 bits per heavy atom. The van der Waals surface area contributed by atoms with Crippen LogP contribution in [-0.2, 0) is 14.4 Å². The molecule has 7 atom stereocenters. The maximum Gasteiger partial charge on any atom is 0.179 e. The molecule has 4 rings (SSSR count). The van der Waals surface area contributed by atoms with Crippen molar-refractivity contribution in [2.24, 2.45) is 28.6 Å². The molecular weight excluding hydrogens is 371 g/mol. The Labute approximate surface area is 164 Å². The van der Waals surface area contributed by atoms with Crippen LogP contribution < -0.4 is 0 Å². The number of hydrogen-bond acceptors (Lipinski definition) is 4. The first kappa shape index (κ1) is 19.5. The molecule has 6 heteroatoms. The van der Waals surface area contributed by atoms with Gasteiger partial charge in [0.1, 0.15) is 11.4 Å². The summed E-state index contributed by atoms with van der Waals surface area (Å²) in [5.41, 5.74) is -5.43. The number of aliphatic hydroxyl groups is 1. The third kappa shape index (κ3) is 2.16. The van der Waals surface area contributed by atoms with Crippen molar-refractivity contribution >= 4 is 29.0 Å². The molecule has 0 bridgehead atoms.